The van der Waals surface area contributed by atoms with Crippen molar-refractivity contribution in [2.45, 2.75) is 32.8 Å². The lowest BCUT2D eigenvalue weighted by molar-refractivity contribution is 0.0464. The van der Waals surface area contributed by atoms with Crippen molar-refractivity contribution in [2.24, 2.45) is 16.8 Å². The third kappa shape index (κ3) is 2.85. The Hall–Kier alpha value is -1.82. The Kier molecular flexibility index (Phi) is 4.13. The van der Waals surface area contributed by atoms with Crippen LogP contribution in [0.2, 0.25) is 0 Å². The van der Waals surface area contributed by atoms with E-state index in [9.17, 15) is 5.11 Å². The van der Waals surface area contributed by atoms with E-state index in [1.54, 1.807) is 0 Å². The van der Waals surface area contributed by atoms with Crippen LogP contribution in [-0.2, 0) is 0 Å². The number of hydrogen-bond donors (Lipinski definition) is 3. The van der Waals surface area contributed by atoms with Gasteiger partial charge in [0.25, 0.3) is 0 Å². The summed E-state index contributed by atoms with van der Waals surface area (Å²) in [6.07, 6.45) is 1.49. The van der Waals surface area contributed by atoms with Crippen molar-refractivity contribution >= 4 is 11.7 Å². The molecule has 0 saturated heterocycles. The highest BCUT2D eigenvalue weighted by molar-refractivity contribution is 6.02. The van der Waals surface area contributed by atoms with E-state index in [0.717, 1.165) is 36.5 Å². The molecular formula is C14H22N4O2. The third-order valence-corrected chi connectivity index (χ3v) is 3.79. The zero-order valence-electron chi connectivity index (χ0n) is 12.2. The highest BCUT2D eigenvalue weighted by Crippen LogP contribution is 2.30. The summed E-state index contributed by atoms with van der Waals surface area (Å²) < 4.78 is 0. The average Bonchev–Trinajstić information content (AvgIpc) is 2.35. The van der Waals surface area contributed by atoms with Crippen LogP contribution in [0, 0.1) is 19.8 Å². The summed E-state index contributed by atoms with van der Waals surface area (Å²) in [5.41, 5.74) is 8.27. The maximum absolute atomic E-state index is 9.36. The molecule has 4 N–H and O–H groups in total. The number of nitrogens with zero attached hydrogens (tertiary/aromatic N) is 3. The van der Waals surface area contributed by atoms with Crippen molar-refractivity contribution in [2.75, 3.05) is 18.5 Å². The summed E-state index contributed by atoms with van der Waals surface area (Å²) in [5.74, 6) is 1.27. The van der Waals surface area contributed by atoms with Gasteiger partial charge in [0.05, 0.1) is 11.7 Å². The molecule has 0 atom stereocenters. The molecule has 1 saturated carbocycles. The van der Waals surface area contributed by atoms with Crippen molar-refractivity contribution in [3.05, 3.63) is 22.9 Å². The van der Waals surface area contributed by atoms with E-state index in [4.69, 9.17) is 10.9 Å². The van der Waals surface area contributed by atoms with Gasteiger partial charge < -0.3 is 20.9 Å². The number of aliphatic hydroxyl groups is 1. The summed E-state index contributed by atoms with van der Waals surface area (Å²) in [4.78, 5) is 6.54. The zero-order valence-corrected chi connectivity index (χ0v) is 12.2. The second-order valence-electron chi connectivity index (χ2n) is 5.64. The van der Waals surface area contributed by atoms with Gasteiger partial charge in [-0.25, -0.2) is 4.98 Å². The minimum Gasteiger partial charge on any atom is -0.409 e. The number of aromatic nitrogens is 1. The zero-order chi connectivity index (χ0) is 14.9. The van der Waals surface area contributed by atoms with Crippen molar-refractivity contribution in [1.29, 1.82) is 0 Å². The number of pyridine rings is 1. The summed E-state index contributed by atoms with van der Waals surface area (Å²) in [7, 11) is 1.94. The molecule has 0 spiro atoms. The normalized spacial score (nSPS) is 22.5. The fourth-order valence-electron chi connectivity index (χ4n) is 2.78. The Morgan fingerprint density at radius 1 is 1.50 bits per heavy atom. The second-order valence-corrected chi connectivity index (χ2v) is 5.64. The number of hydrogen-bond acceptors (Lipinski definition) is 5. The largest absolute Gasteiger partial charge is 0.409 e. The molecule has 2 rings (SSSR count). The molecule has 1 fully saturated rings. The molecule has 0 unspecified atom stereocenters. The Labute approximate surface area is 118 Å². The van der Waals surface area contributed by atoms with E-state index in [0.29, 0.717) is 11.5 Å². The predicted octanol–water partition coefficient (Wildman–Crippen LogP) is 1.00. The quantitative estimate of drug-likeness (QED) is 0.330. The van der Waals surface area contributed by atoms with Crippen LogP contribution in [-0.4, -0.2) is 40.8 Å². The van der Waals surface area contributed by atoms with Gasteiger partial charge in [-0.2, -0.15) is 0 Å². The number of oxime groups is 1. The molecule has 20 heavy (non-hydrogen) atoms. The van der Waals surface area contributed by atoms with Crippen LogP contribution in [0.1, 0.15) is 29.7 Å². The molecular weight excluding hydrogens is 256 g/mol. The third-order valence-electron chi connectivity index (χ3n) is 3.79. The molecule has 6 nitrogen and oxygen atoms in total. The monoisotopic (exact) mass is 278 g/mol. The van der Waals surface area contributed by atoms with E-state index >= 15 is 0 Å². The summed E-state index contributed by atoms with van der Waals surface area (Å²) in [6.45, 7) is 4.65. The van der Waals surface area contributed by atoms with Crippen molar-refractivity contribution in [3.8, 4) is 0 Å². The molecule has 110 valence electrons. The van der Waals surface area contributed by atoms with Gasteiger partial charge in [0.15, 0.2) is 5.84 Å². The number of rotatable bonds is 4. The van der Waals surface area contributed by atoms with Gasteiger partial charge in [0.1, 0.15) is 5.82 Å². The first-order valence-corrected chi connectivity index (χ1v) is 6.77. The van der Waals surface area contributed by atoms with E-state index in [1.165, 1.54) is 0 Å². The molecule has 1 heterocycles. The average molecular weight is 278 g/mol. The lowest BCUT2D eigenvalue weighted by Gasteiger charge is -2.35. The number of nitrogens with two attached hydrogens (primary N) is 1. The molecule has 0 bridgehead atoms. The van der Waals surface area contributed by atoms with E-state index < -0.39 is 0 Å². The highest BCUT2D eigenvalue weighted by Gasteiger charge is 2.29. The molecule has 1 aromatic rings. The molecule has 0 amide bonds. The van der Waals surface area contributed by atoms with Crippen LogP contribution in [0.25, 0.3) is 0 Å². The summed E-state index contributed by atoms with van der Waals surface area (Å²) in [6, 6.07) is 1.91. The molecule has 0 aromatic carbocycles. The Bertz CT molecular complexity index is 524. The van der Waals surface area contributed by atoms with E-state index in [1.807, 2.05) is 31.9 Å². The fourth-order valence-corrected chi connectivity index (χ4v) is 2.78. The van der Waals surface area contributed by atoms with Crippen molar-refractivity contribution in [1.82, 2.24) is 4.98 Å². The topological polar surface area (TPSA) is 95.0 Å². The molecule has 0 aliphatic heterocycles. The van der Waals surface area contributed by atoms with Crippen LogP contribution in [0.5, 0.6) is 0 Å². The van der Waals surface area contributed by atoms with Gasteiger partial charge in [-0.1, -0.05) is 5.16 Å². The maximum atomic E-state index is 9.36. The SMILES string of the molecule is Cc1cc(C)c(C(N)=NO)c(N(C)CC2CC(O)C2)n1. The first kappa shape index (κ1) is 14.6. The van der Waals surface area contributed by atoms with Crippen LogP contribution in [0.15, 0.2) is 11.2 Å². The number of aliphatic hydroxyl groups excluding tert-OH is 1. The van der Waals surface area contributed by atoms with Crippen LogP contribution < -0.4 is 10.6 Å². The lowest BCUT2D eigenvalue weighted by atomic mass is 9.82. The van der Waals surface area contributed by atoms with E-state index in [-0.39, 0.29) is 11.9 Å². The lowest BCUT2D eigenvalue weighted by Crippen LogP contribution is -2.38. The number of anilines is 1. The van der Waals surface area contributed by atoms with Gasteiger partial charge in [0.2, 0.25) is 0 Å². The first-order chi connectivity index (χ1) is 9.42. The second kappa shape index (κ2) is 5.66. The van der Waals surface area contributed by atoms with Gasteiger partial charge in [0, 0.05) is 19.3 Å². The standard InChI is InChI=1S/C14H22N4O2/c1-8-4-9(2)16-14(12(8)13(15)17-20)18(3)7-10-5-11(19)6-10/h4,10-11,19-20H,5-7H2,1-3H3,(H2,15,17). The first-order valence-electron chi connectivity index (χ1n) is 6.77. The van der Waals surface area contributed by atoms with Gasteiger partial charge in [-0.3, -0.25) is 0 Å². The van der Waals surface area contributed by atoms with Crippen LogP contribution in [0.3, 0.4) is 0 Å². The minimum atomic E-state index is -0.163. The molecule has 1 aromatic heterocycles. The summed E-state index contributed by atoms with van der Waals surface area (Å²) >= 11 is 0. The van der Waals surface area contributed by atoms with Crippen LogP contribution in [0.4, 0.5) is 5.82 Å². The van der Waals surface area contributed by atoms with Crippen LogP contribution >= 0.6 is 0 Å². The highest BCUT2D eigenvalue weighted by atomic mass is 16.4. The maximum Gasteiger partial charge on any atom is 0.174 e. The van der Waals surface area contributed by atoms with E-state index in [2.05, 4.69) is 10.1 Å². The predicted molar refractivity (Wildman–Crippen MR) is 78.2 cm³/mol. The minimum absolute atomic E-state index is 0.0745. The molecule has 0 radical (unpaired) electrons. The Morgan fingerprint density at radius 3 is 2.70 bits per heavy atom. The fraction of sp³-hybridized carbons (Fsp3) is 0.571. The van der Waals surface area contributed by atoms with Gasteiger partial charge >= 0.3 is 0 Å². The van der Waals surface area contributed by atoms with Crippen molar-refractivity contribution < 1.29 is 10.3 Å². The number of aryl methyl sites for hydroxylation is 2. The smallest absolute Gasteiger partial charge is 0.174 e. The van der Waals surface area contributed by atoms with Gasteiger partial charge in [-0.05, 0) is 44.2 Å². The number of amidine groups is 1. The molecule has 6 heteroatoms. The Balaban J connectivity index is 2.29. The molecule has 1 aliphatic carbocycles. The summed E-state index contributed by atoms with van der Waals surface area (Å²) in [5, 5.41) is 21.4. The Morgan fingerprint density at radius 2 is 2.15 bits per heavy atom. The van der Waals surface area contributed by atoms with Gasteiger partial charge in [-0.15, -0.1) is 0 Å². The van der Waals surface area contributed by atoms with Crippen molar-refractivity contribution in [3.63, 3.8) is 0 Å². The molecule has 1 aliphatic rings.